The van der Waals surface area contributed by atoms with E-state index in [1.165, 1.54) is 0 Å². The van der Waals surface area contributed by atoms with E-state index in [-0.39, 0.29) is 13.2 Å². The molecule has 1 atom stereocenters. The molecule has 0 saturated heterocycles. The predicted molar refractivity (Wildman–Crippen MR) is 49.6 cm³/mol. The topological polar surface area (TPSA) is 58.9 Å². The Hall–Kier alpha value is -0.160. The van der Waals surface area contributed by atoms with Crippen molar-refractivity contribution < 1.29 is 19.7 Å². The van der Waals surface area contributed by atoms with E-state index in [1.807, 2.05) is 0 Å². The summed E-state index contributed by atoms with van der Waals surface area (Å²) in [5, 5.41) is 17.3. The van der Waals surface area contributed by atoms with Crippen LogP contribution in [0.25, 0.3) is 0 Å². The van der Waals surface area contributed by atoms with Crippen LogP contribution in [0.5, 0.6) is 0 Å². The van der Waals surface area contributed by atoms with E-state index in [2.05, 4.69) is 6.92 Å². The molecule has 4 heteroatoms. The van der Waals surface area contributed by atoms with Crippen LogP contribution in [0.15, 0.2) is 0 Å². The number of unbranched alkanes of at least 4 members (excludes halogenated alkanes) is 1. The molecule has 2 N–H and O–H groups in total. The first-order valence-corrected chi connectivity index (χ1v) is 4.75. The second kappa shape index (κ2) is 9.92. The Morgan fingerprint density at radius 2 is 1.85 bits per heavy atom. The van der Waals surface area contributed by atoms with Gasteiger partial charge in [0, 0.05) is 6.61 Å². The van der Waals surface area contributed by atoms with E-state index in [1.54, 1.807) is 0 Å². The molecule has 0 aromatic carbocycles. The van der Waals surface area contributed by atoms with E-state index >= 15 is 0 Å². The van der Waals surface area contributed by atoms with Gasteiger partial charge in [-0.25, -0.2) is 0 Å². The lowest BCUT2D eigenvalue weighted by Crippen LogP contribution is -2.20. The third kappa shape index (κ3) is 9.76. The second-order valence-corrected chi connectivity index (χ2v) is 2.88. The summed E-state index contributed by atoms with van der Waals surface area (Å²) in [6, 6.07) is 0. The van der Waals surface area contributed by atoms with Gasteiger partial charge in [-0.1, -0.05) is 13.3 Å². The van der Waals surface area contributed by atoms with Gasteiger partial charge in [-0.15, -0.1) is 0 Å². The van der Waals surface area contributed by atoms with Crippen LogP contribution >= 0.6 is 0 Å². The highest BCUT2D eigenvalue weighted by atomic mass is 16.5. The first-order valence-electron chi connectivity index (χ1n) is 4.75. The van der Waals surface area contributed by atoms with Gasteiger partial charge in [0.2, 0.25) is 0 Å². The summed E-state index contributed by atoms with van der Waals surface area (Å²) in [5.74, 6) is 0. The molecule has 80 valence electrons. The smallest absolute Gasteiger partial charge is 0.100 e. The maximum atomic E-state index is 8.88. The van der Waals surface area contributed by atoms with Crippen molar-refractivity contribution in [2.75, 3.05) is 33.0 Å². The molecule has 0 aliphatic heterocycles. The average Bonchev–Trinajstić information content (AvgIpc) is 2.16. The van der Waals surface area contributed by atoms with Crippen molar-refractivity contribution in [2.24, 2.45) is 0 Å². The van der Waals surface area contributed by atoms with Crippen LogP contribution in [0, 0.1) is 0 Å². The SMILES string of the molecule is CCCCOCCOCC(O)CO. The lowest BCUT2D eigenvalue weighted by Gasteiger charge is -2.08. The maximum absolute atomic E-state index is 8.88. The van der Waals surface area contributed by atoms with Crippen LogP contribution < -0.4 is 0 Å². The Labute approximate surface area is 79.5 Å². The Balaban J connectivity index is 2.91. The van der Waals surface area contributed by atoms with E-state index in [0.717, 1.165) is 19.4 Å². The molecule has 0 aromatic rings. The molecule has 0 aromatic heterocycles. The van der Waals surface area contributed by atoms with Gasteiger partial charge in [-0.05, 0) is 6.42 Å². The number of hydrogen-bond donors (Lipinski definition) is 2. The van der Waals surface area contributed by atoms with E-state index < -0.39 is 6.10 Å². The second-order valence-electron chi connectivity index (χ2n) is 2.88. The molecular weight excluding hydrogens is 172 g/mol. The lowest BCUT2D eigenvalue weighted by atomic mass is 10.4. The third-order valence-electron chi connectivity index (χ3n) is 1.54. The quantitative estimate of drug-likeness (QED) is 0.511. The zero-order valence-electron chi connectivity index (χ0n) is 8.24. The van der Waals surface area contributed by atoms with E-state index in [9.17, 15) is 0 Å². The Kier molecular flexibility index (Phi) is 9.80. The minimum Gasteiger partial charge on any atom is -0.394 e. The first-order chi connectivity index (χ1) is 6.31. The highest BCUT2D eigenvalue weighted by Crippen LogP contribution is 1.88. The van der Waals surface area contributed by atoms with Crippen molar-refractivity contribution in [1.82, 2.24) is 0 Å². The van der Waals surface area contributed by atoms with Gasteiger partial charge < -0.3 is 19.7 Å². The van der Waals surface area contributed by atoms with Crippen molar-refractivity contribution in [2.45, 2.75) is 25.9 Å². The summed E-state index contributed by atoms with van der Waals surface area (Å²) in [6.45, 7) is 3.82. The van der Waals surface area contributed by atoms with Crippen molar-refractivity contribution in [3.8, 4) is 0 Å². The summed E-state index contributed by atoms with van der Waals surface area (Å²) in [4.78, 5) is 0. The highest BCUT2D eigenvalue weighted by molar-refractivity contribution is 4.48. The molecule has 0 rings (SSSR count). The van der Waals surface area contributed by atoms with Crippen LogP contribution in [-0.4, -0.2) is 49.4 Å². The van der Waals surface area contributed by atoms with Gasteiger partial charge in [0.15, 0.2) is 0 Å². The molecule has 0 radical (unpaired) electrons. The van der Waals surface area contributed by atoms with Crippen molar-refractivity contribution >= 4 is 0 Å². The molecule has 0 fully saturated rings. The van der Waals surface area contributed by atoms with Crippen LogP contribution in [-0.2, 0) is 9.47 Å². The third-order valence-corrected chi connectivity index (χ3v) is 1.54. The Morgan fingerprint density at radius 1 is 1.15 bits per heavy atom. The number of aliphatic hydroxyl groups is 2. The molecule has 0 aliphatic rings. The predicted octanol–water partition coefficient (Wildman–Crippen LogP) is 0.173. The molecule has 1 unspecified atom stereocenters. The van der Waals surface area contributed by atoms with Crippen LogP contribution in [0.1, 0.15) is 19.8 Å². The van der Waals surface area contributed by atoms with Crippen LogP contribution in [0.2, 0.25) is 0 Å². The minimum absolute atomic E-state index is 0.174. The summed E-state index contributed by atoms with van der Waals surface area (Å²) in [5.41, 5.74) is 0. The molecule has 0 aliphatic carbocycles. The number of aliphatic hydroxyl groups excluding tert-OH is 2. The van der Waals surface area contributed by atoms with Crippen molar-refractivity contribution in [3.63, 3.8) is 0 Å². The molecule has 0 spiro atoms. The molecule has 0 saturated carbocycles. The zero-order chi connectivity index (χ0) is 9.94. The first kappa shape index (κ1) is 12.8. The molecular formula is C9H20O4. The monoisotopic (exact) mass is 192 g/mol. The summed E-state index contributed by atoms with van der Waals surface area (Å²) in [7, 11) is 0. The van der Waals surface area contributed by atoms with E-state index in [0.29, 0.717) is 13.2 Å². The standard InChI is InChI=1S/C9H20O4/c1-2-3-4-12-5-6-13-8-9(11)7-10/h9-11H,2-8H2,1H3. The van der Waals surface area contributed by atoms with Gasteiger partial charge in [0.05, 0.1) is 26.4 Å². The molecule has 0 heterocycles. The molecule has 0 bridgehead atoms. The maximum Gasteiger partial charge on any atom is 0.100 e. The molecule has 0 amide bonds. The van der Waals surface area contributed by atoms with Gasteiger partial charge in [-0.2, -0.15) is 0 Å². The van der Waals surface area contributed by atoms with Gasteiger partial charge in [0.1, 0.15) is 6.10 Å². The Bertz CT molecular complexity index is 97.6. The van der Waals surface area contributed by atoms with Gasteiger partial charge in [-0.3, -0.25) is 0 Å². The van der Waals surface area contributed by atoms with Gasteiger partial charge in [0.25, 0.3) is 0 Å². The normalized spacial score (nSPS) is 13.2. The van der Waals surface area contributed by atoms with Crippen LogP contribution in [0.4, 0.5) is 0 Å². The van der Waals surface area contributed by atoms with Crippen molar-refractivity contribution in [1.29, 1.82) is 0 Å². The van der Waals surface area contributed by atoms with Crippen LogP contribution in [0.3, 0.4) is 0 Å². The Morgan fingerprint density at radius 3 is 2.46 bits per heavy atom. The summed E-state index contributed by atoms with van der Waals surface area (Å²) in [6.07, 6.45) is 1.43. The highest BCUT2D eigenvalue weighted by Gasteiger charge is 2.00. The number of ether oxygens (including phenoxy) is 2. The summed E-state index contributed by atoms with van der Waals surface area (Å²) >= 11 is 0. The van der Waals surface area contributed by atoms with Gasteiger partial charge >= 0.3 is 0 Å². The fraction of sp³-hybridized carbons (Fsp3) is 1.00. The van der Waals surface area contributed by atoms with E-state index in [4.69, 9.17) is 19.7 Å². The molecule has 4 nitrogen and oxygen atoms in total. The number of rotatable bonds is 9. The fourth-order valence-electron chi connectivity index (χ4n) is 0.738. The lowest BCUT2D eigenvalue weighted by molar-refractivity contribution is -0.0149. The van der Waals surface area contributed by atoms with Crippen molar-refractivity contribution in [3.05, 3.63) is 0 Å². The minimum atomic E-state index is -0.768. The fourth-order valence-corrected chi connectivity index (χ4v) is 0.738. The molecule has 13 heavy (non-hydrogen) atoms. The summed E-state index contributed by atoms with van der Waals surface area (Å²) < 4.78 is 10.3. The zero-order valence-corrected chi connectivity index (χ0v) is 8.24. The largest absolute Gasteiger partial charge is 0.394 e. The average molecular weight is 192 g/mol. The number of hydrogen-bond acceptors (Lipinski definition) is 4.